The van der Waals surface area contributed by atoms with Crippen LogP contribution in [0.25, 0.3) is 0 Å². The molecule has 1 aromatic rings. The van der Waals surface area contributed by atoms with Crippen molar-refractivity contribution in [3.8, 4) is 6.07 Å². The Morgan fingerprint density at radius 3 is 2.65 bits per heavy atom. The lowest BCUT2D eigenvalue weighted by Crippen LogP contribution is -2.27. The van der Waals surface area contributed by atoms with E-state index in [1.165, 1.54) is 0 Å². The highest BCUT2D eigenvalue weighted by atomic mass is 16.1. The van der Waals surface area contributed by atoms with Crippen LogP contribution in [0.3, 0.4) is 0 Å². The maximum absolute atomic E-state index is 11.6. The lowest BCUT2D eigenvalue weighted by atomic mass is 10.1. The summed E-state index contributed by atoms with van der Waals surface area (Å²) in [7, 11) is 1.80. The monoisotopic (exact) mass is 232 g/mol. The fraction of sp³-hybridized carbons (Fsp3) is 0.333. The van der Waals surface area contributed by atoms with E-state index in [0.717, 1.165) is 5.56 Å². The Morgan fingerprint density at radius 1 is 1.35 bits per heavy atom. The summed E-state index contributed by atoms with van der Waals surface area (Å²) in [6.07, 6.45) is 0.329. The quantitative estimate of drug-likeness (QED) is 0.494. The van der Waals surface area contributed by atoms with Crippen molar-refractivity contribution in [2.75, 3.05) is 13.6 Å². The van der Waals surface area contributed by atoms with E-state index < -0.39 is 0 Å². The largest absolute Gasteiger partial charge is 0.351 e. The summed E-state index contributed by atoms with van der Waals surface area (Å²) in [5, 5.41) is 11.0. The van der Waals surface area contributed by atoms with E-state index >= 15 is 0 Å². The molecule has 17 heavy (non-hydrogen) atoms. The van der Waals surface area contributed by atoms with Crippen LogP contribution in [0.5, 0.6) is 0 Å². The van der Waals surface area contributed by atoms with Crippen LogP contribution in [0.2, 0.25) is 0 Å². The molecule has 1 aromatic carbocycles. The molecule has 0 atom stereocenters. The van der Waals surface area contributed by atoms with E-state index in [0.29, 0.717) is 25.1 Å². The van der Waals surface area contributed by atoms with Gasteiger partial charge in [-0.15, -0.1) is 0 Å². The average Bonchev–Trinajstić information content (AvgIpc) is 2.37. The number of carbonyl (C=O) groups is 1. The summed E-state index contributed by atoms with van der Waals surface area (Å²) < 4.78 is 0. The molecular formula is C12H16N4O. The highest BCUT2D eigenvalue weighted by Crippen LogP contribution is 2.04. The van der Waals surface area contributed by atoms with Gasteiger partial charge in [0.2, 0.25) is 0 Å². The Morgan fingerprint density at radius 2 is 2.06 bits per heavy atom. The van der Waals surface area contributed by atoms with Gasteiger partial charge in [0.1, 0.15) is 0 Å². The Hall–Kier alpha value is -1.90. The van der Waals surface area contributed by atoms with Crippen LogP contribution in [0.15, 0.2) is 24.3 Å². The van der Waals surface area contributed by atoms with Crippen LogP contribution in [-0.4, -0.2) is 19.5 Å². The van der Waals surface area contributed by atoms with E-state index in [9.17, 15) is 4.79 Å². The lowest BCUT2D eigenvalue weighted by molar-refractivity contribution is 0.0954. The number of rotatable bonds is 6. The molecule has 0 fully saturated rings. The third kappa shape index (κ3) is 4.64. The molecular weight excluding hydrogens is 216 g/mol. The average molecular weight is 232 g/mol. The standard InChI is InChI=1S/C12H16N4O/c1-14-16-9-10-3-5-11(6-4-10)12(17)15-8-2-7-13/h3-6,14,16H,2,8-9H2,1H3,(H,15,17). The number of nitrogens with zero attached hydrogens (tertiary/aromatic N) is 1. The van der Waals surface area contributed by atoms with Gasteiger partial charge in [-0.2, -0.15) is 5.26 Å². The summed E-state index contributed by atoms with van der Waals surface area (Å²) in [5.74, 6) is -0.145. The Kier molecular flexibility index (Phi) is 5.72. The Bertz CT molecular complexity index is 394. The van der Waals surface area contributed by atoms with Gasteiger partial charge in [0.25, 0.3) is 5.91 Å². The minimum Gasteiger partial charge on any atom is -0.351 e. The van der Waals surface area contributed by atoms with Crippen molar-refractivity contribution in [2.24, 2.45) is 0 Å². The van der Waals surface area contributed by atoms with Gasteiger partial charge in [-0.25, -0.2) is 0 Å². The smallest absolute Gasteiger partial charge is 0.251 e. The van der Waals surface area contributed by atoms with Crippen LogP contribution in [0.1, 0.15) is 22.3 Å². The molecule has 0 aliphatic carbocycles. The number of hydrogen-bond acceptors (Lipinski definition) is 4. The van der Waals surface area contributed by atoms with Crippen molar-refractivity contribution in [1.82, 2.24) is 16.2 Å². The van der Waals surface area contributed by atoms with E-state index in [1.54, 1.807) is 19.2 Å². The first-order valence-corrected chi connectivity index (χ1v) is 5.41. The van der Waals surface area contributed by atoms with E-state index in [2.05, 4.69) is 16.2 Å². The van der Waals surface area contributed by atoms with Crippen LogP contribution >= 0.6 is 0 Å². The van der Waals surface area contributed by atoms with Gasteiger partial charge < -0.3 is 5.32 Å². The fourth-order valence-electron chi connectivity index (χ4n) is 1.30. The number of carbonyl (C=O) groups excluding carboxylic acids is 1. The van der Waals surface area contributed by atoms with Gasteiger partial charge in [0.05, 0.1) is 12.5 Å². The molecule has 0 aliphatic rings. The predicted molar refractivity (Wildman–Crippen MR) is 64.9 cm³/mol. The molecule has 5 nitrogen and oxygen atoms in total. The minimum atomic E-state index is -0.145. The zero-order valence-corrected chi connectivity index (χ0v) is 9.79. The molecule has 5 heteroatoms. The molecule has 3 N–H and O–H groups in total. The maximum Gasteiger partial charge on any atom is 0.251 e. The van der Waals surface area contributed by atoms with Gasteiger partial charge in [-0.3, -0.25) is 15.6 Å². The molecule has 0 saturated carbocycles. The Labute approximate surface area is 101 Å². The van der Waals surface area contributed by atoms with Crippen LogP contribution in [-0.2, 0) is 6.54 Å². The minimum absolute atomic E-state index is 0.145. The number of nitriles is 1. The van der Waals surface area contributed by atoms with Crippen molar-refractivity contribution in [2.45, 2.75) is 13.0 Å². The molecule has 0 spiro atoms. The number of hydrogen-bond donors (Lipinski definition) is 3. The second-order valence-electron chi connectivity index (χ2n) is 3.46. The molecule has 1 amide bonds. The van der Waals surface area contributed by atoms with Crippen molar-refractivity contribution >= 4 is 5.91 Å². The van der Waals surface area contributed by atoms with E-state index in [1.807, 2.05) is 18.2 Å². The van der Waals surface area contributed by atoms with Gasteiger partial charge in [-0.1, -0.05) is 12.1 Å². The van der Waals surface area contributed by atoms with Crippen molar-refractivity contribution < 1.29 is 4.79 Å². The summed E-state index contributed by atoms with van der Waals surface area (Å²) >= 11 is 0. The number of amides is 1. The molecule has 90 valence electrons. The normalized spacial score (nSPS) is 9.65. The first-order chi connectivity index (χ1) is 8.27. The fourth-order valence-corrected chi connectivity index (χ4v) is 1.30. The van der Waals surface area contributed by atoms with E-state index in [-0.39, 0.29) is 5.91 Å². The molecule has 0 radical (unpaired) electrons. The molecule has 1 rings (SSSR count). The number of nitrogens with one attached hydrogen (secondary N) is 3. The van der Waals surface area contributed by atoms with Crippen molar-refractivity contribution in [3.63, 3.8) is 0 Å². The molecule has 0 unspecified atom stereocenters. The third-order valence-electron chi connectivity index (χ3n) is 2.21. The molecule has 0 aromatic heterocycles. The SMILES string of the molecule is CNNCc1ccc(C(=O)NCCC#N)cc1. The molecule has 0 saturated heterocycles. The van der Waals surface area contributed by atoms with Crippen molar-refractivity contribution in [3.05, 3.63) is 35.4 Å². The van der Waals surface area contributed by atoms with Gasteiger partial charge in [0.15, 0.2) is 0 Å². The third-order valence-corrected chi connectivity index (χ3v) is 2.21. The summed E-state index contributed by atoms with van der Waals surface area (Å²) in [4.78, 5) is 11.6. The number of hydrazine groups is 1. The molecule has 0 aliphatic heterocycles. The highest BCUT2D eigenvalue weighted by Gasteiger charge is 2.03. The maximum atomic E-state index is 11.6. The van der Waals surface area contributed by atoms with Gasteiger partial charge in [-0.05, 0) is 24.7 Å². The first kappa shape index (κ1) is 13.2. The topological polar surface area (TPSA) is 76.9 Å². The van der Waals surface area contributed by atoms with Crippen LogP contribution < -0.4 is 16.2 Å². The molecule has 0 bridgehead atoms. The van der Waals surface area contributed by atoms with Crippen molar-refractivity contribution in [1.29, 1.82) is 5.26 Å². The predicted octanol–water partition coefficient (Wildman–Crippen LogP) is 0.554. The molecule has 0 heterocycles. The Balaban J connectivity index is 2.49. The first-order valence-electron chi connectivity index (χ1n) is 5.41. The second kappa shape index (κ2) is 7.39. The van der Waals surface area contributed by atoms with E-state index in [4.69, 9.17) is 5.26 Å². The number of benzene rings is 1. The highest BCUT2D eigenvalue weighted by molar-refractivity contribution is 5.94. The zero-order valence-electron chi connectivity index (χ0n) is 9.79. The second-order valence-corrected chi connectivity index (χ2v) is 3.46. The van der Waals surface area contributed by atoms with Crippen LogP contribution in [0, 0.1) is 11.3 Å². The van der Waals surface area contributed by atoms with Gasteiger partial charge in [0, 0.05) is 18.7 Å². The summed E-state index contributed by atoms with van der Waals surface area (Å²) in [5.41, 5.74) is 7.49. The zero-order chi connectivity index (χ0) is 12.5. The summed E-state index contributed by atoms with van der Waals surface area (Å²) in [6.45, 7) is 1.09. The van der Waals surface area contributed by atoms with Gasteiger partial charge >= 0.3 is 0 Å². The summed E-state index contributed by atoms with van der Waals surface area (Å²) in [6, 6.07) is 9.31. The van der Waals surface area contributed by atoms with Crippen LogP contribution in [0.4, 0.5) is 0 Å². The lowest BCUT2D eigenvalue weighted by Gasteiger charge is -2.05.